The third-order valence-electron chi connectivity index (χ3n) is 1.70. The van der Waals surface area contributed by atoms with Crippen LogP contribution in [-0.4, -0.2) is 12.5 Å². The summed E-state index contributed by atoms with van der Waals surface area (Å²) in [4.78, 5) is 16.0. The molecule has 0 aliphatic carbocycles. The highest BCUT2D eigenvalue weighted by Crippen LogP contribution is 2.12. The molecule has 0 fully saturated rings. The van der Waals surface area contributed by atoms with Gasteiger partial charge in [0, 0.05) is 0 Å². The molecule has 1 heterocycles. The topological polar surface area (TPSA) is 51.5 Å². The van der Waals surface area contributed by atoms with Crippen LogP contribution < -0.4 is 5.48 Å². The summed E-state index contributed by atoms with van der Waals surface area (Å²) in [6.45, 7) is 5.92. The number of rotatable bonds is 3. The predicted molar refractivity (Wildman–Crippen MR) is 47.3 cm³/mol. The molecule has 1 aromatic heterocycles. The van der Waals surface area contributed by atoms with Crippen molar-refractivity contribution in [3.05, 3.63) is 23.2 Å². The molecule has 0 aromatic carbocycles. The summed E-state index contributed by atoms with van der Waals surface area (Å²) < 4.78 is 5.18. The zero-order valence-corrected chi connectivity index (χ0v) is 8.01. The standard InChI is InChI=1S/C9H13NO3/c1-4-12-10-9(11)8-5-6(2)7(3)13-8/h5H,4H2,1-3H3,(H,10,11). The third kappa shape index (κ3) is 2.32. The van der Waals surface area contributed by atoms with E-state index in [4.69, 9.17) is 9.25 Å². The van der Waals surface area contributed by atoms with Crippen LogP contribution in [0.4, 0.5) is 0 Å². The SMILES string of the molecule is CCONC(=O)c1cc(C)c(C)o1. The van der Waals surface area contributed by atoms with Crippen LogP contribution in [0, 0.1) is 13.8 Å². The van der Waals surface area contributed by atoms with Gasteiger partial charge >= 0.3 is 5.91 Å². The highest BCUT2D eigenvalue weighted by Gasteiger charge is 2.11. The van der Waals surface area contributed by atoms with E-state index in [9.17, 15) is 4.79 Å². The molecule has 0 bridgehead atoms. The fraction of sp³-hybridized carbons (Fsp3) is 0.444. The van der Waals surface area contributed by atoms with E-state index in [1.54, 1.807) is 13.0 Å². The Balaban J connectivity index is 2.66. The second-order valence-corrected chi connectivity index (χ2v) is 2.71. The van der Waals surface area contributed by atoms with Crippen molar-refractivity contribution in [2.24, 2.45) is 0 Å². The number of furan rings is 1. The maximum atomic E-state index is 11.2. The summed E-state index contributed by atoms with van der Waals surface area (Å²) in [6.07, 6.45) is 0. The van der Waals surface area contributed by atoms with Crippen LogP contribution in [0.1, 0.15) is 28.8 Å². The van der Waals surface area contributed by atoms with E-state index in [-0.39, 0.29) is 11.7 Å². The lowest BCUT2D eigenvalue weighted by atomic mass is 10.3. The van der Waals surface area contributed by atoms with Crippen molar-refractivity contribution in [3.8, 4) is 0 Å². The van der Waals surface area contributed by atoms with Gasteiger partial charge in [-0.2, -0.15) is 0 Å². The Labute approximate surface area is 76.8 Å². The highest BCUT2D eigenvalue weighted by atomic mass is 16.7. The van der Waals surface area contributed by atoms with Gasteiger partial charge in [-0.1, -0.05) is 0 Å². The van der Waals surface area contributed by atoms with Crippen LogP contribution in [0.15, 0.2) is 10.5 Å². The Kier molecular flexibility index (Phi) is 3.08. The molecule has 1 amide bonds. The molecule has 0 saturated carbocycles. The van der Waals surface area contributed by atoms with Crippen molar-refractivity contribution in [1.82, 2.24) is 5.48 Å². The van der Waals surface area contributed by atoms with Gasteiger partial charge in [-0.05, 0) is 32.4 Å². The molecule has 13 heavy (non-hydrogen) atoms. The summed E-state index contributed by atoms with van der Waals surface area (Å²) in [6, 6.07) is 1.68. The fourth-order valence-corrected chi connectivity index (χ4v) is 0.873. The number of hydrogen-bond acceptors (Lipinski definition) is 3. The van der Waals surface area contributed by atoms with Gasteiger partial charge in [0.15, 0.2) is 5.76 Å². The summed E-state index contributed by atoms with van der Waals surface area (Å²) in [5.74, 6) is 0.683. The molecule has 72 valence electrons. The van der Waals surface area contributed by atoms with Crippen molar-refractivity contribution in [2.45, 2.75) is 20.8 Å². The molecular formula is C9H13NO3. The molecule has 0 unspecified atom stereocenters. The van der Waals surface area contributed by atoms with E-state index >= 15 is 0 Å². The maximum absolute atomic E-state index is 11.2. The Bertz CT molecular complexity index is 284. The largest absolute Gasteiger partial charge is 0.456 e. The molecule has 0 saturated heterocycles. The molecule has 0 atom stereocenters. The van der Waals surface area contributed by atoms with E-state index < -0.39 is 0 Å². The lowest BCUT2D eigenvalue weighted by molar-refractivity contribution is 0.0339. The number of carbonyl (C=O) groups is 1. The molecule has 0 radical (unpaired) electrons. The van der Waals surface area contributed by atoms with Gasteiger partial charge in [-0.3, -0.25) is 9.63 Å². The molecule has 1 aromatic rings. The van der Waals surface area contributed by atoms with Crippen LogP contribution in [0.25, 0.3) is 0 Å². The number of aryl methyl sites for hydroxylation is 2. The van der Waals surface area contributed by atoms with Crippen LogP contribution in [0.5, 0.6) is 0 Å². The van der Waals surface area contributed by atoms with Crippen molar-refractivity contribution >= 4 is 5.91 Å². The predicted octanol–water partition coefficient (Wildman–Crippen LogP) is 1.58. The molecular weight excluding hydrogens is 170 g/mol. The zero-order valence-electron chi connectivity index (χ0n) is 8.01. The maximum Gasteiger partial charge on any atom is 0.310 e. The van der Waals surface area contributed by atoms with Crippen LogP contribution in [0.2, 0.25) is 0 Å². The molecule has 1 N–H and O–H groups in total. The molecule has 0 aliphatic rings. The van der Waals surface area contributed by atoms with E-state index in [0.29, 0.717) is 6.61 Å². The van der Waals surface area contributed by atoms with Crippen molar-refractivity contribution in [1.29, 1.82) is 0 Å². The first kappa shape index (κ1) is 9.80. The van der Waals surface area contributed by atoms with Crippen molar-refractivity contribution < 1.29 is 14.0 Å². The number of nitrogens with one attached hydrogen (secondary N) is 1. The molecule has 4 heteroatoms. The Morgan fingerprint density at radius 1 is 1.62 bits per heavy atom. The minimum Gasteiger partial charge on any atom is -0.456 e. The van der Waals surface area contributed by atoms with E-state index in [1.807, 2.05) is 13.8 Å². The normalized spacial score (nSPS) is 10.1. The van der Waals surface area contributed by atoms with Gasteiger partial charge in [0.25, 0.3) is 0 Å². The highest BCUT2D eigenvalue weighted by molar-refractivity contribution is 5.90. The lowest BCUT2D eigenvalue weighted by Crippen LogP contribution is -2.22. The first-order chi connectivity index (χ1) is 6.15. The summed E-state index contributed by atoms with van der Waals surface area (Å²) in [5.41, 5.74) is 3.22. The van der Waals surface area contributed by atoms with Crippen LogP contribution >= 0.6 is 0 Å². The van der Waals surface area contributed by atoms with Crippen molar-refractivity contribution in [2.75, 3.05) is 6.61 Å². The van der Waals surface area contributed by atoms with Crippen molar-refractivity contribution in [3.63, 3.8) is 0 Å². The first-order valence-corrected chi connectivity index (χ1v) is 4.14. The second kappa shape index (κ2) is 4.09. The number of hydroxylamine groups is 1. The lowest BCUT2D eigenvalue weighted by Gasteiger charge is -1.99. The van der Waals surface area contributed by atoms with E-state index in [0.717, 1.165) is 11.3 Å². The number of carbonyl (C=O) groups excluding carboxylic acids is 1. The van der Waals surface area contributed by atoms with Gasteiger partial charge in [-0.15, -0.1) is 0 Å². The third-order valence-corrected chi connectivity index (χ3v) is 1.70. The average Bonchev–Trinajstić information content (AvgIpc) is 2.43. The molecule has 0 aliphatic heterocycles. The summed E-state index contributed by atoms with van der Waals surface area (Å²) in [7, 11) is 0. The summed E-state index contributed by atoms with van der Waals surface area (Å²) >= 11 is 0. The van der Waals surface area contributed by atoms with Gasteiger partial charge in [-0.25, -0.2) is 5.48 Å². The average molecular weight is 183 g/mol. The summed E-state index contributed by atoms with van der Waals surface area (Å²) in [5, 5.41) is 0. The van der Waals surface area contributed by atoms with E-state index in [1.165, 1.54) is 0 Å². The fourth-order valence-electron chi connectivity index (χ4n) is 0.873. The van der Waals surface area contributed by atoms with Gasteiger partial charge < -0.3 is 4.42 Å². The van der Waals surface area contributed by atoms with Crippen LogP contribution in [-0.2, 0) is 4.84 Å². The molecule has 4 nitrogen and oxygen atoms in total. The van der Waals surface area contributed by atoms with Crippen LogP contribution in [0.3, 0.4) is 0 Å². The number of hydrogen-bond donors (Lipinski definition) is 1. The number of amides is 1. The van der Waals surface area contributed by atoms with Gasteiger partial charge in [0.05, 0.1) is 6.61 Å². The Morgan fingerprint density at radius 2 is 2.31 bits per heavy atom. The van der Waals surface area contributed by atoms with Gasteiger partial charge in [0.1, 0.15) is 5.76 Å². The smallest absolute Gasteiger partial charge is 0.310 e. The molecule has 1 rings (SSSR count). The quantitative estimate of drug-likeness (QED) is 0.724. The molecule has 0 spiro atoms. The minimum absolute atomic E-state index is 0.281. The Morgan fingerprint density at radius 3 is 2.77 bits per heavy atom. The second-order valence-electron chi connectivity index (χ2n) is 2.71. The van der Waals surface area contributed by atoms with Gasteiger partial charge in [0.2, 0.25) is 0 Å². The monoisotopic (exact) mass is 183 g/mol. The minimum atomic E-state index is -0.349. The van der Waals surface area contributed by atoms with E-state index in [2.05, 4.69) is 5.48 Å². The Hall–Kier alpha value is -1.29. The first-order valence-electron chi connectivity index (χ1n) is 4.14. The zero-order chi connectivity index (χ0) is 9.84.